The van der Waals surface area contributed by atoms with Crippen LogP contribution in [0.25, 0.3) is 10.1 Å². The Labute approximate surface area is 156 Å². The van der Waals surface area contributed by atoms with Gasteiger partial charge in [-0.3, -0.25) is 9.69 Å². The maximum atomic E-state index is 12.3. The van der Waals surface area contributed by atoms with Crippen LogP contribution in [0.4, 0.5) is 0 Å². The molecule has 0 saturated carbocycles. The van der Waals surface area contributed by atoms with Gasteiger partial charge in [-0.2, -0.15) is 0 Å². The van der Waals surface area contributed by atoms with E-state index >= 15 is 0 Å². The average Bonchev–Trinajstić information content (AvgIpc) is 2.91. The van der Waals surface area contributed by atoms with E-state index in [-0.39, 0.29) is 5.56 Å². The summed E-state index contributed by atoms with van der Waals surface area (Å²) in [4.78, 5) is 23.4. The normalized spacial score (nSPS) is 14.9. The van der Waals surface area contributed by atoms with E-state index in [1.807, 2.05) is 17.6 Å². The number of hydrogen-bond acceptors (Lipinski definition) is 5. The van der Waals surface area contributed by atoms with Crippen molar-refractivity contribution in [3.05, 3.63) is 55.2 Å². The Kier molecular flexibility index (Phi) is 4.51. The number of H-pyrrole nitrogens is 1. The SMILES string of the molecule is CSc1nc2c(c(=O)[nH]1)CN(Cc1sc3ccccc3c1Br)CC2. The number of thioether (sulfide) groups is 1. The van der Waals surface area contributed by atoms with E-state index in [2.05, 4.69) is 55.1 Å². The minimum absolute atomic E-state index is 0.00413. The second-order valence-electron chi connectivity index (χ2n) is 5.80. The predicted molar refractivity (Wildman–Crippen MR) is 104 cm³/mol. The van der Waals surface area contributed by atoms with Crippen molar-refractivity contribution in [2.75, 3.05) is 12.8 Å². The molecule has 4 rings (SSSR count). The largest absolute Gasteiger partial charge is 0.301 e. The van der Waals surface area contributed by atoms with Crippen LogP contribution in [0.5, 0.6) is 0 Å². The molecule has 1 aliphatic rings. The molecule has 2 aromatic heterocycles. The van der Waals surface area contributed by atoms with Crippen LogP contribution in [0.1, 0.15) is 16.1 Å². The summed E-state index contributed by atoms with van der Waals surface area (Å²) in [6, 6.07) is 8.43. The molecule has 0 bridgehead atoms. The third-order valence-corrected chi connectivity index (χ3v) is 7.19. The first kappa shape index (κ1) is 16.3. The van der Waals surface area contributed by atoms with E-state index in [1.54, 1.807) is 0 Å². The van der Waals surface area contributed by atoms with Crippen molar-refractivity contribution in [1.82, 2.24) is 14.9 Å². The van der Waals surface area contributed by atoms with Crippen molar-refractivity contribution in [2.45, 2.75) is 24.7 Å². The molecule has 0 atom stereocenters. The zero-order valence-corrected chi connectivity index (χ0v) is 16.4. The summed E-state index contributed by atoms with van der Waals surface area (Å²) in [6.07, 6.45) is 2.76. The number of thiophene rings is 1. The summed E-state index contributed by atoms with van der Waals surface area (Å²) < 4.78 is 2.47. The zero-order chi connectivity index (χ0) is 16.7. The van der Waals surface area contributed by atoms with E-state index in [9.17, 15) is 4.79 Å². The monoisotopic (exact) mass is 421 g/mol. The highest BCUT2D eigenvalue weighted by Gasteiger charge is 2.22. The predicted octanol–water partition coefficient (Wildman–Crippen LogP) is 4.03. The maximum absolute atomic E-state index is 12.3. The molecule has 7 heteroatoms. The quantitative estimate of drug-likeness (QED) is 0.512. The van der Waals surface area contributed by atoms with Gasteiger partial charge in [0.2, 0.25) is 0 Å². The van der Waals surface area contributed by atoms with Gasteiger partial charge in [0.05, 0.1) is 11.3 Å². The molecular weight excluding hydrogens is 406 g/mol. The number of halogens is 1. The maximum Gasteiger partial charge on any atom is 0.256 e. The standard InChI is InChI=1S/C17H16BrN3OS2/c1-23-17-19-12-6-7-21(8-11(12)16(22)20-17)9-14-15(18)10-4-2-3-5-13(10)24-14/h2-5H,6-9H2,1H3,(H,19,20,22). The Morgan fingerprint density at radius 1 is 1.42 bits per heavy atom. The molecular formula is C17H16BrN3OS2. The molecule has 124 valence electrons. The van der Waals surface area contributed by atoms with Crippen molar-refractivity contribution in [2.24, 2.45) is 0 Å². The number of fused-ring (bicyclic) bond motifs is 2. The molecule has 0 amide bonds. The van der Waals surface area contributed by atoms with Gasteiger partial charge in [-0.05, 0) is 28.3 Å². The molecule has 0 fully saturated rings. The Morgan fingerprint density at radius 2 is 2.25 bits per heavy atom. The van der Waals surface area contributed by atoms with Gasteiger partial charge in [-0.1, -0.05) is 30.0 Å². The summed E-state index contributed by atoms with van der Waals surface area (Å²) in [5.41, 5.74) is 1.77. The van der Waals surface area contributed by atoms with Crippen LogP contribution in [0.15, 0.2) is 38.7 Å². The average molecular weight is 422 g/mol. The van der Waals surface area contributed by atoms with Gasteiger partial charge in [0.1, 0.15) is 0 Å². The summed E-state index contributed by atoms with van der Waals surface area (Å²) in [5.74, 6) is 0. The molecule has 1 aliphatic heterocycles. The van der Waals surface area contributed by atoms with E-state index in [4.69, 9.17) is 0 Å². The Hall–Kier alpha value is -1.15. The first-order chi connectivity index (χ1) is 11.7. The van der Waals surface area contributed by atoms with Crippen molar-refractivity contribution < 1.29 is 0 Å². The number of rotatable bonds is 3. The highest BCUT2D eigenvalue weighted by atomic mass is 79.9. The van der Waals surface area contributed by atoms with Gasteiger partial charge in [-0.15, -0.1) is 11.3 Å². The highest BCUT2D eigenvalue weighted by Crippen LogP contribution is 2.36. The lowest BCUT2D eigenvalue weighted by Gasteiger charge is -2.27. The fourth-order valence-corrected chi connectivity index (χ4v) is 5.44. The topological polar surface area (TPSA) is 49.0 Å². The van der Waals surface area contributed by atoms with Crippen LogP contribution < -0.4 is 5.56 Å². The second-order valence-corrected chi connectivity index (χ2v) is 8.52. The molecule has 4 nitrogen and oxygen atoms in total. The van der Waals surface area contributed by atoms with Gasteiger partial charge >= 0.3 is 0 Å². The van der Waals surface area contributed by atoms with Crippen LogP contribution in [0.3, 0.4) is 0 Å². The van der Waals surface area contributed by atoms with E-state index in [0.717, 1.165) is 30.8 Å². The van der Waals surface area contributed by atoms with Crippen molar-refractivity contribution in [1.29, 1.82) is 0 Å². The van der Waals surface area contributed by atoms with Gasteiger partial charge in [0.15, 0.2) is 5.16 Å². The van der Waals surface area contributed by atoms with Gasteiger partial charge in [0, 0.05) is 45.5 Å². The summed E-state index contributed by atoms with van der Waals surface area (Å²) >= 11 is 7.04. The third kappa shape index (κ3) is 2.94. The fourth-order valence-electron chi connectivity index (χ4n) is 3.06. The third-order valence-electron chi connectivity index (χ3n) is 4.29. The number of benzene rings is 1. The lowest BCUT2D eigenvalue weighted by Crippen LogP contribution is -2.35. The molecule has 1 N–H and O–H groups in total. The van der Waals surface area contributed by atoms with Crippen molar-refractivity contribution in [3.8, 4) is 0 Å². The van der Waals surface area contributed by atoms with Crippen molar-refractivity contribution in [3.63, 3.8) is 0 Å². The smallest absolute Gasteiger partial charge is 0.256 e. The molecule has 0 spiro atoms. The number of hydrogen-bond donors (Lipinski definition) is 1. The summed E-state index contributed by atoms with van der Waals surface area (Å²) in [5, 5.41) is 1.97. The number of aromatic amines is 1. The minimum Gasteiger partial charge on any atom is -0.301 e. The van der Waals surface area contributed by atoms with Crippen LogP contribution in [0.2, 0.25) is 0 Å². The van der Waals surface area contributed by atoms with Crippen molar-refractivity contribution >= 4 is 49.1 Å². The molecule has 3 aromatic rings. The molecule has 0 aliphatic carbocycles. The lowest BCUT2D eigenvalue weighted by molar-refractivity contribution is 0.242. The molecule has 0 unspecified atom stereocenters. The van der Waals surface area contributed by atoms with E-state index in [0.29, 0.717) is 11.7 Å². The first-order valence-corrected chi connectivity index (χ1v) is 10.5. The Balaban J connectivity index is 1.61. The Bertz CT molecular complexity index is 966. The second kappa shape index (κ2) is 6.63. The van der Waals surface area contributed by atoms with Gasteiger partial charge < -0.3 is 4.98 Å². The zero-order valence-electron chi connectivity index (χ0n) is 13.1. The lowest BCUT2D eigenvalue weighted by atomic mass is 10.1. The molecule has 0 radical (unpaired) electrons. The summed E-state index contributed by atoms with van der Waals surface area (Å²) in [7, 11) is 0. The van der Waals surface area contributed by atoms with Crippen LogP contribution in [-0.4, -0.2) is 27.7 Å². The van der Waals surface area contributed by atoms with Gasteiger partial charge in [0.25, 0.3) is 5.56 Å². The Morgan fingerprint density at radius 3 is 3.04 bits per heavy atom. The molecule has 24 heavy (non-hydrogen) atoms. The van der Waals surface area contributed by atoms with Crippen LogP contribution in [-0.2, 0) is 19.5 Å². The van der Waals surface area contributed by atoms with Crippen LogP contribution in [0, 0.1) is 0 Å². The van der Waals surface area contributed by atoms with Crippen LogP contribution >= 0.6 is 39.0 Å². The summed E-state index contributed by atoms with van der Waals surface area (Å²) in [6.45, 7) is 2.44. The van der Waals surface area contributed by atoms with E-state index < -0.39 is 0 Å². The van der Waals surface area contributed by atoms with Gasteiger partial charge in [-0.25, -0.2) is 4.98 Å². The fraction of sp³-hybridized carbons (Fsp3) is 0.294. The molecule has 1 aromatic carbocycles. The number of aromatic nitrogens is 2. The molecule has 3 heterocycles. The molecule has 0 saturated heterocycles. The van der Waals surface area contributed by atoms with E-state index in [1.165, 1.54) is 31.2 Å². The number of nitrogens with one attached hydrogen (secondary N) is 1. The number of nitrogens with zero attached hydrogens (tertiary/aromatic N) is 2. The minimum atomic E-state index is 0.00413. The first-order valence-electron chi connectivity index (χ1n) is 7.70. The highest BCUT2D eigenvalue weighted by molar-refractivity contribution is 9.10.